The molecular weight excluding hydrogens is 240 g/mol. The van der Waals surface area contributed by atoms with Gasteiger partial charge in [-0.3, -0.25) is 4.98 Å². The van der Waals surface area contributed by atoms with Crippen molar-refractivity contribution in [2.24, 2.45) is 0 Å². The highest BCUT2D eigenvalue weighted by molar-refractivity contribution is 5.13. The number of nitrogens with zero attached hydrogens (tertiary/aromatic N) is 1. The third kappa shape index (κ3) is 3.91. The zero-order valence-corrected chi connectivity index (χ0v) is 11.3. The molecule has 0 aliphatic rings. The molecular formula is C15H20N2O2. The van der Waals surface area contributed by atoms with E-state index in [4.69, 9.17) is 4.42 Å². The second kappa shape index (κ2) is 6.50. The van der Waals surface area contributed by atoms with E-state index in [1.165, 1.54) is 0 Å². The summed E-state index contributed by atoms with van der Waals surface area (Å²) >= 11 is 0. The molecule has 0 saturated carbocycles. The molecule has 2 aromatic heterocycles. The van der Waals surface area contributed by atoms with Gasteiger partial charge in [0.25, 0.3) is 0 Å². The number of hydrogen-bond acceptors (Lipinski definition) is 4. The van der Waals surface area contributed by atoms with Crippen LogP contribution in [0, 0.1) is 0 Å². The maximum absolute atomic E-state index is 10.0. The molecule has 2 N–H and O–H groups in total. The summed E-state index contributed by atoms with van der Waals surface area (Å²) in [4.78, 5) is 4.11. The van der Waals surface area contributed by atoms with Gasteiger partial charge in [-0.1, -0.05) is 6.07 Å². The number of hydrogen-bond donors (Lipinski definition) is 2. The van der Waals surface area contributed by atoms with Gasteiger partial charge >= 0.3 is 0 Å². The molecule has 4 heteroatoms. The van der Waals surface area contributed by atoms with E-state index in [2.05, 4.69) is 24.1 Å². The largest absolute Gasteiger partial charge is 0.467 e. The first-order valence-corrected chi connectivity index (χ1v) is 6.54. The molecule has 102 valence electrons. The van der Waals surface area contributed by atoms with E-state index in [0.717, 1.165) is 5.56 Å². The van der Waals surface area contributed by atoms with Crippen molar-refractivity contribution < 1.29 is 9.52 Å². The van der Waals surface area contributed by atoms with Crippen LogP contribution in [0.5, 0.6) is 0 Å². The number of aliphatic hydroxyl groups is 1. The first-order chi connectivity index (χ1) is 9.16. The van der Waals surface area contributed by atoms with Crippen LogP contribution in [0.2, 0.25) is 0 Å². The summed E-state index contributed by atoms with van der Waals surface area (Å²) in [7, 11) is 0. The van der Waals surface area contributed by atoms with Gasteiger partial charge in [0.2, 0.25) is 0 Å². The van der Waals surface area contributed by atoms with Crippen molar-refractivity contribution in [1.29, 1.82) is 0 Å². The molecule has 0 fully saturated rings. The second-order valence-electron chi connectivity index (χ2n) is 4.84. The minimum atomic E-state index is -0.571. The lowest BCUT2D eigenvalue weighted by Gasteiger charge is -2.21. The predicted molar refractivity (Wildman–Crippen MR) is 73.5 cm³/mol. The van der Waals surface area contributed by atoms with Crippen molar-refractivity contribution in [1.82, 2.24) is 10.3 Å². The Morgan fingerprint density at radius 3 is 2.79 bits per heavy atom. The van der Waals surface area contributed by atoms with Crippen LogP contribution < -0.4 is 5.32 Å². The van der Waals surface area contributed by atoms with Gasteiger partial charge in [0.1, 0.15) is 11.9 Å². The number of pyridine rings is 1. The van der Waals surface area contributed by atoms with Crippen molar-refractivity contribution in [2.45, 2.75) is 38.5 Å². The number of nitrogens with one attached hydrogen (secondary N) is 1. The van der Waals surface area contributed by atoms with Crippen LogP contribution in [0.3, 0.4) is 0 Å². The molecule has 3 unspecified atom stereocenters. The summed E-state index contributed by atoms with van der Waals surface area (Å²) in [5, 5.41) is 13.5. The fourth-order valence-corrected chi connectivity index (χ4v) is 2.16. The van der Waals surface area contributed by atoms with Crippen LogP contribution in [0.15, 0.2) is 47.3 Å². The summed E-state index contributed by atoms with van der Waals surface area (Å²) < 4.78 is 5.20. The summed E-state index contributed by atoms with van der Waals surface area (Å²) in [6.07, 6.45) is 5.24. The topological polar surface area (TPSA) is 58.3 Å². The first-order valence-electron chi connectivity index (χ1n) is 6.54. The molecule has 4 nitrogen and oxygen atoms in total. The number of furan rings is 1. The van der Waals surface area contributed by atoms with Gasteiger partial charge in [0.05, 0.1) is 6.26 Å². The molecule has 0 amide bonds. The lowest BCUT2D eigenvalue weighted by Crippen LogP contribution is -2.30. The SMILES string of the molecule is CC(CC(O)c1ccco1)NC(C)c1cccnc1. The van der Waals surface area contributed by atoms with Crippen LogP contribution in [-0.2, 0) is 0 Å². The van der Waals surface area contributed by atoms with Crippen LogP contribution in [0.4, 0.5) is 0 Å². The highest BCUT2D eigenvalue weighted by Gasteiger charge is 2.16. The van der Waals surface area contributed by atoms with E-state index >= 15 is 0 Å². The smallest absolute Gasteiger partial charge is 0.132 e. The highest BCUT2D eigenvalue weighted by Crippen LogP contribution is 2.20. The Balaban J connectivity index is 1.86. The zero-order chi connectivity index (χ0) is 13.7. The summed E-state index contributed by atoms with van der Waals surface area (Å²) in [6, 6.07) is 7.93. The Bertz CT molecular complexity index is 470. The van der Waals surface area contributed by atoms with E-state index in [9.17, 15) is 5.11 Å². The maximum atomic E-state index is 10.0. The van der Waals surface area contributed by atoms with Crippen molar-refractivity contribution in [3.05, 3.63) is 54.2 Å². The lowest BCUT2D eigenvalue weighted by atomic mass is 10.1. The fourth-order valence-electron chi connectivity index (χ4n) is 2.16. The average Bonchev–Trinajstić information content (AvgIpc) is 2.93. The lowest BCUT2D eigenvalue weighted by molar-refractivity contribution is 0.127. The molecule has 0 bridgehead atoms. The molecule has 2 rings (SSSR count). The van der Waals surface area contributed by atoms with Crippen molar-refractivity contribution in [3.8, 4) is 0 Å². The summed E-state index contributed by atoms with van der Waals surface area (Å²) in [5.74, 6) is 0.614. The van der Waals surface area contributed by atoms with E-state index in [1.54, 1.807) is 24.6 Å². The highest BCUT2D eigenvalue weighted by atomic mass is 16.4. The van der Waals surface area contributed by atoms with Crippen molar-refractivity contribution in [3.63, 3.8) is 0 Å². The second-order valence-corrected chi connectivity index (χ2v) is 4.84. The number of aliphatic hydroxyl groups excluding tert-OH is 1. The third-order valence-electron chi connectivity index (χ3n) is 3.17. The van der Waals surface area contributed by atoms with E-state index in [-0.39, 0.29) is 12.1 Å². The molecule has 0 aliphatic heterocycles. The standard InChI is InChI=1S/C15H20N2O2/c1-11(9-14(18)15-6-4-8-19-15)17-12(2)13-5-3-7-16-10-13/h3-8,10-12,14,17-18H,9H2,1-2H3. The van der Waals surface area contributed by atoms with Gasteiger partial charge in [-0.05, 0) is 44.0 Å². The third-order valence-corrected chi connectivity index (χ3v) is 3.17. The maximum Gasteiger partial charge on any atom is 0.132 e. The Kier molecular flexibility index (Phi) is 4.71. The Morgan fingerprint density at radius 2 is 2.16 bits per heavy atom. The van der Waals surface area contributed by atoms with E-state index in [0.29, 0.717) is 12.2 Å². The molecule has 19 heavy (non-hydrogen) atoms. The van der Waals surface area contributed by atoms with Crippen LogP contribution in [0.1, 0.15) is 43.7 Å². The van der Waals surface area contributed by atoms with Crippen LogP contribution in [-0.4, -0.2) is 16.1 Å². The van der Waals surface area contributed by atoms with Gasteiger partial charge in [0, 0.05) is 24.5 Å². The van der Waals surface area contributed by atoms with Gasteiger partial charge in [-0.15, -0.1) is 0 Å². The predicted octanol–water partition coefficient (Wildman–Crippen LogP) is 2.84. The molecule has 0 aliphatic carbocycles. The normalized spacial score (nSPS) is 15.9. The summed E-state index contributed by atoms with van der Waals surface area (Å²) in [6.45, 7) is 4.14. The van der Waals surface area contributed by atoms with Gasteiger partial charge < -0.3 is 14.8 Å². The van der Waals surface area contributed by atoms with E-state index < -0.39 is 6.10 Å². The molecule has 0 radical (unpaired) electrons. The molecule has 0 saturated heterocycles. The van der Waals surface area contributed by atoms with Gasteiger partial charge in [0.15, 0.2) is 0 Å². The fraction of sp³-hybridized carbons (Fsp3) is 0.400. The van der Waals surface area contributed by atoms with Gasteiger partial charge in [-0.2, -0.15) is 0 Å². The van der Waals surface area contributed by atoms with Crippen LogP contribution in [0.25, 0.3) is 0 Å². The molecule has 2 heterocycles. The minimum absolute atomic E-state index is 0.176. The molecule has 2 aromatic rings. The molecule has 0 aromatic carbocycles. The van der Waals surface area contributed by atoms with E-state index in [1.807, 2.05) is 18.3 Å². The van der Waals surface area contributed by atoms with Gasteiger partial charge in [-0.25, -0.2) is 0 Å². The summed E-state index contributed by atoms with van der Waals surface area (Å²) in [5.41, 5.74) is 1.14. The number of aromatic nitrogens is 1. The molecule has 0 spiro atoms. The van der Waals surface area contributed by atoms with Crippen molar-refractivity contribution >= 4 is 0 Å². The Labute approximate surface area is 113 Å². The zero-order valence-electron chi connectivity index (χ0n) is 11.3. The average molecular weight is 260 g/mol. The monoisotopic (exact) mass is 260 g/mol. The quantitative estimate of drug-likeness (QED) is 0.838. The number of rotatable bonds is 6. The van der Waals surface area contributed by atoms with Crippen LogP contribution >= 0.6 is 0 Å². The Hall–Kier alpha value is -1.65. The molecule has 3 atom stereocenters. The Morgan fingerprint density at radius 1 is 1.32 bits per heavy atom. The van der Waals surface area contributed by atoms with Crippen molar-refractivity contribution in [2.75, 3.05) is 0 Å². The minimum Gasteiger partial charge on any atom is -0.467 e. The first kappa shape index (κ1) is 13.8.